The van der Waals surface area contributed by atoms with Crippen molar-refractivity contribution >= 4 is 17.5 Å². The number of alkyl halides is 4. The van der Waals surface area contributed by atoms with Crippen molar-refractivity contribution in [1.82, 2.24) is 9.97 Å². The highest BCUT2D eigenvalue weighted by atomic mass is 19.4. The van der Waals surface area contributed by atoms with E-state index in [1.165, 1.54) is 17.0 Å². The quantitative estimate of drug-likeness (QED) is 0.430. The Morgan fingerprint density at radius 1 is 1.38 bits per heavy atom. The van der Waals surface area contributed by atoms with Crippen LogP contribution in [0.5, 0.6) is 0 Å². The number of nitrogens with zero attached hydrogens (tertiary/aromatic N) is 2. The van der Waals surface area contributed by atoms with Gasteiger partial charge in [-0.2, -0.15) is 18.2 Å². The van der Waals surface area contributed by atoms with Crippen LogP contribution >= 0.6 is 0 Å². The van der Waals surface area contributed by atoms with Crippen molar-refractivity contribution in [2.24, 2.45) is 0 Å². The number of anilines is 2. The Labute approximate surface area is 162 Å². The summed E-state index contributed by atoms with van der Waals surface area (Å²) < 4.78 is 51.4. The molecule has 11 heteroatoms. The third-order valence-electron chi connectivity index (χ3n) is 4.59. The molecule has 156 valence electrons. The van der Waals surface area contributed by atoms with E-state index in [0.717, 1.165) is 12.1 Å². The number of aromatic amines is 1. The molecule has 0 unspecified atom stereocenters. The highest BCUT2D eigenvalue weighted by Crippen LogP contribution is 2.30. The lowest BCUT2D eigenvalue weighted by Crippen LogP contribution is -2.50. The summed E-state index contributed by atoms with van der Waals surface area (Å²) in [6.45, 7) is 1.07. The van der Waals surface area contributed by atoms with Crippen LogP contribution < -0.4 is 15.8 Å². The van der Waals surface area contributed by atoms with Crippen molar-refractivity contribution in [3.05, 3.63) is 51.3 Å². The summed E-state index contributed by atoms with van der Waals surface area (Å²) in [5.74, 6) is 0.0954. The van der Waals surface area contributed by atoms with Gasteiger partial charge < -0.3 is 20.7 Å². The van der Waals surface area contributed by atoms with Gasteiger partial charge in [-0.3, -0.25) is 9.78 Å². The molecule has 1 aliphatic heterocycles. The average molecular weight is 413 g/mol. The lowest BCUT2D eigenvalue weighted by molar-refractivity contribution is -0.137. The molecule has 1 aromatic carbocycles. The topological polar surface area (TPSA) is 105 Å². The van der Waals surface area contributed by atoms with Crippen LogP contribution in [0.15, 0.2) is 29.1 Å². The summed E-state index contributed by atoms with van der Waals surface area (Å²) in [6.07, 6.45) is -5.48. The van der Waals surface area contributed by atoms with Gasteiger partial charge in [0.15, 0.2) is 0 Å². The molecule has 0 amide bonds. The number of nitrogens with one attached hydrogen (secondary N) is 3. The van der Waals surface area contributed by atoms with E-state index in [0.29, 0.717) is 5.56 Å². The Morgan fingerprint density at radius 2 is 2.00 bits per heavy atom. The molecule has 0 bridgehead atoms. The Hall–Kier alpha value is -2.95. The van der Waals surface area contributed by atoms with Gasteiger partial charge in [0.2, 0.25) is 5.95 Å². The standard InChI is InChI=1S/C18H19F4N5O2/c1-9(10-2-4-11(5-3-10)18(20,21)22)24-15-14(13(23)8-28)16(29)26-17(25-15)27-6-12(19)7-27/h2-5,9,12,23,28H,6-8H2,1H3,(H2,24,25,26,29)/t9-/m0/s1. The first-order chi connectivity index (χ1) is 13.6. The van der Waals surface area contributed by atoms with Gasteiger partial charge in [0.1, 0.15) is 17.6 Å². The summed E-state index contributed by atoms with van der Waals surface area (Å²) in [6, 6.07) is 3.93. The smallest absolute Gasteiger partial charge is 0.390 e. The molecule has 0 spiro atoms. The summed E-state index contributed by atoms with van der Waals surface area (Å²) in [7, 11) is 0. The number of hydrogen-bond donors (Lipinski definition) is 4. The maximum absolute atomic E-state index is 13.1. The number of aromatic nitrogens is 2. The largest absolute Gasteiger partial charge is 0.416 e. The van der Waals surface area contributed by atoms with Crippen LogP contribution in [0, 0.1) is 5.41 Å². The second-order valence-electron chi connectivity index (χ2n) is 6.74. The van der Waals surface area contributed by atoms with Crippen molar-refractivity contribution in [1.29, 1.82) is 5.41 Å². The molecule has 0 saturated carbocycles. The normalized spacial score (nSPS) is 15.7. The molecule has 29 heavy (non-hydrogen) atoms. The molecule has 7 nitrogen and oxygen atoms in total. The van der Waals surface area contributed by atoms with E-state index < -0.39 is 36.1 Å². The van der Waals surface area contributed by atoms with Crippen LogP contribution in [0.1, 0.15) is 29.7 Å². The van der Waals surface area contributed by atoms with Gasteiger partial charge >= 0.3 is 6.18 Å². The van der Waals surface area contributed by atoms with Crippen LogP contribution in [0.2, 0.25) is 0 Å². The minimum atomic E-state index is -4.45. The van der Waals surface area contributed by atoms with E-state index in [1.54, 1.807) is 6.92 Å². The molecule has 1 fully saturated rings. The molecule has 2 heterocycles. The number of aliphatic hydroxyl groups is 1. The van der Waals surface area contributed by atoms with Gasteiger partial charge in [0.05, 0.1) is 31.0 Å². The second-order valence-corrected chi connectivity index (χ2v) is 6.74. The number of aliphatic hydroxyl groups excluding tert-OH is 1. The van der Waals surface area contributed by atoms with E-state index in [4.69, 9.17) is 5.41 Å². The van der Waals surface area contributed by atoms with Crippen LogP contribution in [-0.2, 0) is 6.18 Å². The molecular formula is C18H19F4N5O2. The zero-order chi connectivity index (χ0) is 21.3. The number of halogens is 4. The van der Waals surface area contributed by atoms with Gasteiger partial charge in [0.25, 0.3) is 5.56 Å². The first-order valence-corrected chi connectivity index (χ1v) is 8.75. The fourth-order valence-electron chi connectivity index (χ4n) is 2.92. The van der Waals surface area contributed by atoms with E-state index >= 15 is 0 Å². The summed E-state index contributed by atoms with van der Waals surface area (Å²) >= 11 is 0. The molecule has 2 aromatic rings. The van der Waals surface area contributed by atoms with Crippen LogP contribution in [0.4, 0.5) is 29.3 Å². The van der Waals surface area contributed by atoms with Crippen LogP contribution in [0.3, 0.4) is 0 Å². The highest BCUT2D eigenvalue weighted by molar-refractivity contribution is 6.02. The van der Waals surface area contributed by atoms with Gasteiger partial charge in [-0.1, -0.05) is 12.1 Å². The van der Waals surface area contributed by atoms with Gasteiger partial charge in [0, 0.05) is 6.04 Å². The average Bonchev–Trinajstić information content (AvgIpc) is 2.64. The van der Waals surface area contributed by atoms with E-state index in [2.05, 4.69) is 15.3 Å². The molecular weight excluding hydrogens is 394 g/mol. The number of rotatable bonds is 6. The monoisotopic (exact) mass is 413 g/mol. The van der Waals surface area contributed by atoms with Crippen molar-refractivity contribution in [3.63, 3.8) is 0 Å². The molecule has 1 aliphatic rings. The third kappa shape index (κ3) is 4.39. The third-order valence-corrected chi connectivity index (χ3v) is 4.59. The molecule has 1 aromatic heterocycles. The maximum Gasteiger partial charge on any atom is 0.416 e. The maximum atomic E-state index is 13.1. The van der Waals surface area contributed by atoms with Gasteiger partial charge in [-0.25, -0.2) is 4.39 Å². The fraction of sp³-hybridized carbons (Fsp3) is 0.389. The zero-order valence-corrected chi connectivity index (χ0v) is 15.3. The minimum Gasteiger partial charge on any atom is -0.390 e. The van der Waals surface area contributed by atoms with E-state index in [9.17, 15) is 27.5 Å². The summed E-state index contributed by atoms with van der Waals surface area (Å²) in [5, 5.41) is 20.0. The second kappa shape index (κ2) is 7.82. The van der Waals surface area contributed by atoms with Gasteiger partial charge in [-0.05, 0) is 24.6 Å². The molecule has 0 radical (unpaired) electrons. The first kappa shape index (κ1) is 20.8. The zero-order valence-electron chi connectivity index (χ0n) is 15.3. The SMILES string of the molecule is C[C@H](Nc1nc(N2CC(F)C2)[nH]c(=O)c1C(=N)CO)c1ccc(C(F)(F)F)cc1. The van der Waals surface area contributed by atoms with Crippen molar-refractivity contribution < 1.29 is 22.7 Å². The minimum absolute atomic E-state index is 0.0162. The molecule has 1 atom stereocenters. The number of hydrogen-bond acceptors (Lipinski definition) is 6. The Morgan fingerprint density at radius 3 is 2.52 bits per heavy atom. The fourth-order valence-corrected chi connectivity index (χ4v) is 2.92. The van der Waals surface area contributed by atoms with Crippen molar-refractivity contribution in [3.8, 4) is 0 Å². The van der Waals surface area contributed by atoms with Crippen LogP contribution in [0.25, 0.3) is 0 Å². The van der Waals surface area contributed by atoms with E-state index in [-0.39, 0.29) is 36.1 Å². The molecule has 4 N–H and O–H groups in total. The predicted molar refractivity (Wildman–Crippen MR) is 99.4 cm³/mol. The molecule has 3 rings (SSSR count). The Balaban J connectivity index is 1.91. The lowest BCUT2D eigenvalue weighted by atomic mass is 10.1. The summed E-state index contributed by atoms with van der Waals surface area (Å²) in [4.78, 5) is 20.6. The Kier molecular flexibility index (Phi) is 5.60. The van der Waals surface area contributed by atoms with Gasteiger partial charge in [-0.15, -0.1) is 0 Å². The lowest BCUT2D eigenvalue weighted by Gasteiger charge is -2.35. The van der Waals surface area contributed by atoms with Crippen molar-refractivity contribution in [2.45, 2.75) is 25.3 Å². The van der Waals surface area contributed by atoms with Crippen molar-refractivity contribution in [2.75, 3.05) is 29.9 Å². The number of H-pyrrole nitrogens is 1. The van der Waals surface area contributed by atoms with Crippen LogP contribution in [-0.4, -0.2) is 46.7 Å². The highest BCUT2D eigenvalue weighted by Gasteiger charge is 2.31. The molecule has 1 saturated heterocycles. The summed E-state index contributed by atoms with van der Waals surface area (Å²) in [5.41, 5.74) is -1.53. The van der Waals surface area contributed by atoms with E-state index in [1.807, 2.05) is 0 Å². The number of benzene rings is 1. The predicted octanol–water partition coefficient (Wildman–Crippen LogP) is 2.48. The Bertz CT molecular complexity index is 952. The molecule has 0 aliphatic carbocycles. The first-order valence-electron chi connectivity index (χ1n) is 8.75.